The van der Waals surface area contributed by atoms with Gasteiger partial charge in [0.1, 0.15) is 6.61 Å². The number of benzene rings is 2. The molecule has 1 aliphatic rings. The molecule has 0 radical (unpaired) electrons. The molecule has 0 unspecified atom stereocenters. The SMILES string of the molecule is O=C(O)CSCCNC(=O)c1cc(CNC(=O)OCC2c3ccccc3-c3ccccc32)on1. The number of aliphatic carboxylic acids is 1. The summed E-state index contributed by atoms with van der Waals surface area (Å²) in [5, 5.41) is 17.5. The van der Waals surface area contributed by atoms with Crippen LogP contribution in [0.5, 0.6) is 0 Å². The van der Waals surface area contributed by atoms with Gasteiger partial charge < -0.3 is 25.0 Å². The number of thioether (sulfide) groups is 1. The number of alkyl carbamates (subject to hydrolysis) is 1. The molecular formula is C24H23N3O6S. The van der Waals surface area contributed by atoms with Crippen molar-refractivity contribution < 1.29 is 28.8 Å². The molecule has 0 fully saturated rings. The van der Waals surface area contributed by atoms with Crippen LogP contribution in [0.15, 0.2) is 59.1 Å². The van der Waals surface area contributed by atoms with Gasteiger partial charge in [0.15, 0.2) is 11.5 Å². The van der Waals surface area contributed by atoms with Crippen LogP contribution in [0.25, 0.3) is 11.1 Å². The first-order valence-electron chi connectivity index (χ1n) is 10.6. The Labute approximate surface area is 199 Å². The van der Waals surface area contributed by atoms with E-state index in [4.69, 9.17) is 14.4 Å². The van der Waals surface area contributed by atoms with Crippen LogP contribution in [0.1, 0.15) is 33.3 Å². The van der Waals surface area contributed by atoms with Crippen molar-refractivity contribution in [3.8, 4) is 11.1 Å². The second kappa shape index (κ2) is 10.9. The van der Waals surface area contributed by atoms with Crippen molar-refractivity contribution in [2.45, 2.75) is 12.5 Å². The minimum Gasteiger partial charge on any atom is -0.481 e. The standard InChI is InChI=1S/C24H23N3O6S/c28-22(29)14-34-10-9-25-23(30)21-11-15(33-27-21)12-26-24(31)32-13-20-18-7-3-1-5-16(18)17-6-2-4-8-19(17)20/h1-8,11,20H,9-10,12-14H2,(H,25,30)(H,26,31)(H,28,29). The third-order valence-corrected chi connectivity index (χ3v) is 6.24. The predicted octanol–water partition coefficient (Wildman–Crippen LogP) is 3.26. The topological polar surface area (TPSA) is 131 Å². The number of amides is 2. The number of carbonyl (C=O) groups is 3. The molecule has 1 aliphatic carbocycles. The molecule has 0 spiro atoms. The number of fused-ring (bicyclic) bond motifs is 3. The molecule has 1 aromatic heterocycles. The fourth-order valence-electron chi connectivity index (χ4n) is 3.80. The van der Waals surface area contributed by atoms with Gasteiger partial charge >= 0.3 is 12.1 Å². The lowest BCUT2D eigenvalue weighted by atomic mass is 9.98. The smallest absolute Gasteiger partial charge is 0.407 e. The molecule has 4 rings (SSSR count). The van der Waals surface area contributed by atoms with E-state index in [1.807, 2.05) is 36.4 Å². The molecule has 0 atom stereocenters. The van der Waals surface area contributed by atoms with Crippen molar-refractivity contribution in [1.29, 1.82) is 0 Å². The lowest BCUT2D eigenvalue weighted by Crippen LogP contribution is -2.26. The Bertz CT molecular complexity index is 1150. The van der Waals surface area contributed by atoms with Crippen LogP contribution < -0.4 is 10.6 Å². The monoisotopic (exact) mass is 481 g/mol. The Kier molecular flexibility index (Phi) is 7.48. The molecule has 3 aromatic rings. The maximum atomic E-state index is 12.3. The van der Waals surface area contributed by atoms with Gasteiger partial charge in [-0.25, -0.2) is 4.79 Å². The predicted molar refractivity (Wildman–Crippen MR) is 126 cm³/mol. The highest BCUT2D eigenvalue weighted by Gasteiger charge is 2.29. The number of nitrogens with one attached hydrogen (secondary N) is 2. The van der Waals surface area contributed by atoms with Crippen molar-refractivity contribution in [3.05, 3.63) is 77.2 Å². The van der Waals surface area contributed by atoms with Crippen LogP contribution in [-0.4, -0.2) is 52.9 Å². The lowest BCUT2D eigenvalue weighted by Gasteiger charge is -2.14. The highest BCUT2D eigenvalue weighted by Crippen LogP contribution is 2.44. The molecule has 0 saturated carbocycles. The third kappa shape index (κ3) is 5.57. The van der Waals surface area contributed by atoms with Crippen molar-refractivity contribution in [2.24, 2.45) is 0 Å². The van der Waals surface area contributed by atoms with E-state index in [0.717, 1.165) is 22.3 Å². The molecule has 0 aliphatic heterocycles. The van der Waals surface area contributed by atoms with E-state index in [-0.39, 0.29) is 30.5 Å². The van der Waals surface area contributed by atoms with Crippen LogP contribution in [0.4, 0.5) is 4.79 Å². The molecule has 2 amide bonds. The lowest BCUT2D eigenvalue weighted by molar-refractivity contribution is -0.133. The molecule has 176 valence electrons. The Balaban J connectivity index is 1.24. The number of aromatic nitrogens is 1. The summed E-state index contributed by atoms with van der Waals surface area (Å²) in [5.41, 5.74) is 4.64. The summed E-state index contributed by atoms with van der Waals surface area (Å²) in [5.74, 6) is -0.628. The second-order valence-electron chi connectivity index (χ2n) is 7.56. The van der Waals surface area contributed by atoms with Crippen LogP contribution >= 0.6 is 11.8 Å². The number of ether oxygens (including phenoxy) is 1. The quantitative estimate of drug-likeness (QED) is 0.376. The highest BCUT2D eigenvalue weighted by atomic mass is 32.2. The first kappa shape index (κ1) is 23.4. The van der Waals surface area contributed by atoms with E-state index in [2.05, 4.69) is 27.9 Å². The normalized spacial score (nSPS) is 12.0. The second-order valence-corrected chi connectivity index (χ2v) is 8.66. The van der Waals surface area contributed by atoms with Crippen LogP contribution in [0, 0.1) is 0 Å². The Morgan fingerprint density at radius 3 is 2.38 bits per heavy atom. The van der Waals surface area contributed by atoms with Crippen molar-refractivity contribution in [1.82, 2.24) is 15.8 Å². The molecule has 0 bridgehead atoms. The van der Waals surface area contributed by atoms with Gasteiger partial charge in [0.05, 0.1) is 12.3 Å². The summed E-state index contributed by atoms with van der Waals surface area (Å²) in [6.07, 6.45) is -0.597. The molecule has 2 aromatic carbocycles. The van der Waals surface area contributed by atoms with Gasteiger partial charge in [-0.05, 0) is 22.3 Å². The number of nitrogens with zero attached hydrogens (tertiary/aromatic N) is 1. The van der Waals surface area contributed by atoms with Gasteiger partial charge in [-0.15, -0.1) is 11.8 Å². The number of hydrogen-bond acceptors (Lipinski definition) is 7. The zero-order valence-corrected chi connectivity index (χ0v) is 19.0. The molecule has 34 heavy (non-hydrogen) atoms. The van der Waals surface area contributed by atoms with Crippen LogP contribution in [0.3, 0.4) is 0 Å². The summed E-state index contributed by atoms with van der Waals surface area (Å²) < 4.78 is 10.6. The first-order chi connectivity index (χ1) is 16.5. The number of carboxylic acid groups (broad SMARTS) is 1. The summed E-state index contributed by atoms with van der Waals surface area (Å²) in [6.45, 7) is 0.520. The number of carbonyl (C=O) groups excluding carboxylic acids is 2. The fourth-order valence-corrected chi connectivity index (χ4v) is 4.36. The Morgan fingerprint density at radius 1 is 1.03 bits per heavy atom. The van der Waals surface area contributed by atoms with Crippen molar-refractivity contribution >= 4 is 29.7 Å². The van der Waals surface area contributed by atoms with E-state index >= 15 is 0 Å². The van der Waals surface area contributed by atoms with Crippen molar-refractivity contribution in [2.75, 3.05) is 24.7 Å². The Hall–Kier alpha value is -3.79. The largest absolute Gasteiger partial charge is 0.481 e. The number of hydrogen-bond donors (Lipinski definition) is 3. The van der Waals surface area contributed by atoms with Crippen molar-refractivity contribution in [3.63, 3.8) is 0 Å². The molecule has 9 nitrogen and oxygen atoms in total. The van der Waals surface area contributed by atoms with E-state index in [1.165, 1.54) is 17.8 Å². The van der Waals surface area contributed by atoms with E-state index < -0.39 is 18.0 Å². The van der Waals surface area contributed by atoms with Gasteiger partial charge in [-0.2, -0.15) is 0 Å². The molecule has 0 saturated heterocycles. The molecule has 1 heterocycles. The number of carboxylic acids is 1. The minimum absolute atomic E-state index is 0.0193. The van der Waals surface area contributed by atoms with E-state index in [1.54, 1.807) is 0 Å². The fraction of sp³-hybridized carbons (Fsp3) is 0.250. The molecule has 10 heteroatoms. The van der Waals surface area contributed by atoms with Crippen LogP contribution in [0.2, 0.25) is 0 Å². The summed E-state index contributed by atoms with van der Waals surface area (Å²) in [6, 6.07) is 17.6. The Morgan fingerprint density at radius 2 is 1.71 bits per heavy atom. The average Bonchev–Trinajstić information content (AvgIpc) is 3.44. The zero-order valence-electron chi connectivity index (χ0n) is 18.2. The highest BCUT2D eigenvalue weighted by molar-refractivity contribution is 7.99. The van der Waals surface area contributed by atoms with Gasteiger partial charge in [0.2, 0.25) is 0 Å². The minimum atomic E-state index is -0.902. The van der Waals surface area contributed by atoms with Gasteiger partial charge in [-0.1, -0.05) is 53.7 Å². The summed E-state index contributed by atoms with van der Waals surface area (Å²) in [4.78, 5) is 34.8. The van der Waals surface area contributed by atoms with E-state index in [0.29, 0.717) is 18.1 Å². The molecular weight excluding hydrogens is 458 g/mol. The summed E-state index contributed by atoms with van der Waals surface area (Å²) >= 11 is 1.20. The average molecular weight is 482 g/mol. The van der Waals surface area contributed by atoms with Crippen LogP contribution in [-0.2, 0) is 16.1 Å². The first-order valence-corrected chi connectivity index (χ1v) is 11.8. The number of rotatable bonds is 10. The maximum absolute atomic E-state index is 12.3. The zero-order chi connectivity index (χ0) is 23.9. The van der Waals surface area contributed by atoms with Gasteiger partial charge in [0.25, 0.3) is 5.91 Å². The third-order valence-electron chi connectivity index (χ3n) is 5.30. The maximum Gasteiger partial charge on any atom is 0.407 e. The summed E-state index contributed by atoms with van der Waals surface area (Å²) in [7, 11) is 0. The van der Waals surface area contributed by atoms with E-state index in [9.17, 15) is 14.4 Å². The van der Waals surface area contributed by atoms with Gasteiger partial charge in [0, 0.05) is 24.3 Å². The van der Waals surface area contributed by atoms with Gasteiger partial charge in [-0.3, -0.25) is 9.59 Å². The molecule has 3 N–H and O–H groups in total.